The van der Waals surface area contributed by atoms with Crippen LogP contribution in [0.4, 0.5) is 0 Å². The molecule has 5 heteroatoms. The summed E-state index contributed by atoms with van der Waals surface area (Å²) < 4.78 is 27.1. The van der Waals surface area contributed by atoms with Crippen molar-refractivity contribution in [3.63, 3.8) is 0 Å². The number of piperazine rings is 1. The van der Waals surface area contributed by atoms with Gasteiger partial charge in [-0.3, -0.25) is 0 Å². The molecule has 0 bridgehead atoms. The summed E-state index contributed by atoms with van der Waals surface area (Å²) in [6.07, 6.45) is 2.18. The predicted molar refractivity (Wildman–Crippen MR) is 101 cm³/mol. The van der Waals surface area contributed by atoms with Crippen molar-refractivity contribution in [2.24, 2.45) is 0 Å². The van der Waals surface area contributed by atoms with E-state index >= 15 is 0 Å². The zero-order valence-electron chi connectivity index (χ0n) is 14.8. The van der Waals surface area contributed by atoms with Crippen molar-refractivity contribution < 1.29 is 8.42 Å². The van der Waals surface area contributed by atoms with Crippen molar-refractivity contribution in [3.05, 3.63) is 65.7 Å². The highest BCUT2D eigenvalue weighted by atomic mass is 32.2. The SMILES string of the molecule is Cc1cccc(S(=O)(=O)N2CCN(CCCc3ccccc3)CC2)c1. The molecule has 1 fully saturated rings. The molecular weight excluding hydrogens is 332 g/mol. The lowest BCUT2D eigenvalue weighted by Gasteiger charge is -2.34. The number of hydrogen-bond acceptors (Lipinski definition) is 3. The Morgan fingerprint density at radius 1 is 0.920 bits per heavy atom. The van der Waals surface area contributed by atoms with Crippen LogP contribution in [0.2, 0.25) is 0 Å². The predicted octanol–water partition coefficient (Wildman–Crippen LogP) is 2.93. The Hall–Kier alpha value is -1.69. The van der Waals surface area contributed by atoms with Crippen LogP contribution in [0.1, 0.15) is 17.5 Å². The zero-order chi connectivity index (χ0) is 17.7. The minimum Gasteiger partial charge on any atom is -0.301 e. The first-order valence-corrected chi connectivity index (χ1v) is 10.3. The van der Waals surface area contributed by atoms with Gasteiger partial charge in [-0.1, -0.05) is 42.5 Å². The van der Waals surface area contributed by atoms with E-state index in [1.807, 2.05) is 25.1 Å². The fourth-order valence-corrected chi connectivity index (χ4v) is 4.80. The van der Waals surface area contributed by atoms with Gasteiger partial charge in [0.2, 0.25) is 10.0 Å². The number of benzene rings is 2. The lowest BCUT2D eigenvalue weighted by Crippen LogP contribution is -2.48. The summed E-state index contributed by atoms with van der Waals surface area (Å²) in [5.74, 6) is 0. The molecule has 1 saturated heterocycles. The van der Waals surface area contributed by atoms with Crippen LogP contribution < -0.4 is 0 Å². The standard InChI is InChI=1S/C20H26N2O2S/c1-18-7-5-11-20(17-18)25(23,24)22-15-13-21(14-16-22)12-6-10-19-8-3-2-4-9-19/h2-5,7-9,11,17H,6,10,12-16H2,1H3. The first-order chi connectivity index (χ1) is 12.1. The third-order valence-electron chi connectivity index (χ3n) is 4.74. The summed E-state index contributed by atoms with van der Waals surface area (Å²) in [4.78, 5) is 2.77. The average molecular weight is 359 g/mol. The Morgan fingerprint density at radius 2 is 1.64 bits per heavy atom. The van der Waals surface area contributed by atoms with Gasteiger partial charge in [-0.2, -0.15) is 4.31 Å². The molecule has 0 unspecified atom stereocenters. The van der Waals surface area contributed by atoms with Crippen molar-refractivity contribution in [1.82, 2.24) is 9.21 Å². The second-order valence-corrected chi connectivity index (χ2v) is 8.59. The smallest absolute Gasteiger partial charge is 0.243 e. The summed E-state index contributed by atoms with van der Waals surface area (Å²) in [7, 11) is -3.36. The van der Waals surface area contributed by atoms with Crippen LogP contribution in [-0.4, -0.2) is 50.3 Å². The lowest BCUT2D eigenvalue weighted by atomic mass is 10.1. The van der Waals surface area contributed by atoms with Crippen LogP contribution in [0.25, 0.3) is 0 Å². The molecule has 25 heavy (non-hydrogen) atoms. The Balaban J connectivity index is 1.50. The van der Waals surface area contributed by atoms with E-state index in [1.165, 1.54) is 5.56 Å². The summed E-state index contributed by atoms with van der Waals surface area (Å²) in [5, 5.41) is 0. The van der Waals surface area contributed by atoms with Gasteiger partial charge >= 0.3 is 0 Å². The van der Waals surface area contributed by atoms with Crippen LogP contribution in [0.5, 0.6) is 0 Å². The van der Waals surface area contributed by atoms with Crippen molar-refractivity contribution >= 4 is 10.0 Å². The number of nitrogens with zero attached hydrogens (tertiary/aromatic N) is 2. The third-order valence-corrected chi connectivity index (χ3v) is 6.64. The van der Waals surface area contributed by atoms with E-state index in [4.69, 9.17) is 0 Å². The topological polar surface area (TPSA) is 40.6 Å². The molecular formula is C20H26N2O2S. The number of hydrogen-bond donors (Lipinski definition) is 0. The molecule has 1 aliphatic heterocycles. The van der Waals surface area contributed by atoms with E-state index in [-0.39, 0.29) is 0 Å². The first kappa shape index (κ1) is 18.1. The van der Waals surface area contributed by atoms with Gasteiger partial charge in [-0.15, -0.1) is 0 Å². The van der Waals surface area contributed by atoms with Crippen molar-refractivity contribution in [2.75, 3.05) is 32.7 Å². The van der Waals surface area contributed by atoms with E-state index in [1.54, 1.807) is 16.4 Å². The third kappa shape index (κ3) is 4.69. The van der Waals surface area contributed by atoms with Crippen LogP contribution in [0, 0.1) is 6.92 Å². The molecule has 0 aromatic heterocycles. The highest BCUT2D eigenvalue weighted by Gasteiger charge is 2.28. The van der Waals surface area contributed by atoms with E-state index < -0.39 is 10.0 Å². The zero-order valence-corrected chi connectivity index (χ0v) is 15.6. The van der Waals surface area contributed by atoms with Crippen LogP contribution in [0.3, 0.4) is 0 Å². The molecule has 2 aromatic carbocycles. The molecule has 3 rings (SSSR count). The highest BCUT2D eigenvalue weighted by molar-refractivity contribution is 7.89. The molecule has 2 aromatic rings. The van der Waals surface area contributed by atoms with Crippen molar-refractivity contribution in [2.45, 2.75) is 24.7 Å². The van der Waals surface area contributed by atoms with E-state index in [2.05, 4.69) is 29.2 Å². The van der Waals surface area contributed by atoms with Gasteiger partial charge < -0.3 is 4.90 Å². The van der Waals surface area contributed by atoms with Crippen LogP contribution in [0.15, 0.2) is 59.5 Å². The Bertz CT molecular complexity index is 782. The quantitative estimate of drug-likeness (QED) is 0.797. The fourth-order valence-electron chi connectivity index (χ4n) is 3.27. The van der Waals surface area contributed by atoms with Gasteiger partial charge in [0.15, 0.2) is 0 Å². The molecule has 0 N–H and O–H groups in total. The molecule has 0 amide bonds. The second-order valence-electron chi connectivity index (χ2n) is 6.65. The van der Waals surface area contributed by atoms with Crippen molar-refractivity contribution in [3.8, 4) is 0 Å². The minimum absolute atomic E-state index is 0.407. The molecule has 0 saturated carbocycles. The molecule has 0 atom stereocenters. The number of rotatable bonds is 6. The van der Waals surface area contributed by atoms with Gasteiger partial charge in [0.05, 0.1) is 4.90 Å². The van der Waals surface area contributed by atoms with Gasteiger partial charge in [0.1, 0.15) is 0 Å². The fraction of sp³-hybridized carbons (Fsp3) is 0.400. The maximum Gasteiger partial charge on any atom is 0.243 e. The second kappa shape index (κ2) is 8.13. The lowest BCUT2D eigenvalue weighted by molar-refractivity contribution is 0.187. The average Bonchev–Trinajstić information content (AvgIpc) is 2.63. The molecule has 0 spiro atoms. The molecule has 0 aliphatic carbocycles. The summed E-state index contributed by atoms with van der Waals surface area (Å²) in [6, 6.07) is 17.7. The summed E-state index contributed by atoms with van der Waals surface area (Å²) in [6.45, 7) is 5.69. The number of sulfonamides is 1. The van der Waals surface area contributed by atoms with Gasteiger partial charge in [0, 0.05) is 26.2 Å². The molecule has 0 radical (unpaired) electrons. The van der Waals surface area contributed by atoms with Gasteiger partial charge in [-0.25, -0.2) is 8.42 Å². The summed E-state index contributed by atoms with van der Waals surface area (Å²) >= 11 is 0. The summed E-state index contributed by atoms with van der Waals surface area (Å²) in [5.41, 5.74) is 2.34. The molecule has 1 heterocycles. The Morgan fingerprint density at radius 3 is 2.32 bits per heavy atom. The van der Waals surface area contributed by atoms with E-state index in [9.17, 15) is 8.42 Å². The highest BCUT2D eigenvalue weighted by Crippen LogP contribution is 2.18. The molecule has 4 nitrogen and oxygen atoms in total. The molecule has 134 valence electrons. The minimum atomic E-state index is -3.36. The maximum absolute atomic E-state index is 12.8. The maximum atomic E-state index is 12.8. The first-order valence-electron chi connectivity index (χ1n) is 8.89. The molecule has 1 aliphatic rings. The Labute approximate surface area is 151 Å². The largest absolute Gasteiger partial charge is 0.301 e. The van der Waals surface area contributed by atoms with E-state index in [0.29, 0.717) is 18.0 Å². The van der Waals surface area contributed by atoms with Crippen molar-refractivity contribution in [1.29, 1.82) is 0 Å². The normalized spacial score (nSPS) is 16.8. The van der Waals surface area contributed by atoms with E-state index in [0.717, 1.165) is 38.0 Å². The van der Waals surface area contributed by atoms with Gasteiger partial charge in [0.25, 0.3) is 0 Å². The monoisotopic (exact) mass is 358 g/mol. The Kier molecular flexibility index (Phi) is 5.89. The van der Waals surface area contributed by atoms with Crippen LogP contribution in [-0.2, 0) is 16.4 Å². The van der Waals surface area contributed by atoms with Crippen LogP contribution >= 0.6 is 0 Å². The van der Waals surface area contributed by atoms with Gasteiger partial charge in [-0.05, 0) is 49.6 Å². The number of aryl methyl sites for hydroxylation is 2.